The number of aryl methyl sites for hydroxylation is 1. The lowest BCUT2D eigenvalue weighted by Crippen LogP contribution is -2.19. The molecule has 1 aromatic carbocycles. The molecule has 2 aromatic heterocycles. The minimum atomic E-state index is -0.302. The Labute approximate surface area is 115 Å². The largest absolute Gasteiger partial charge is 0.450 e. The molecule has 1 aliphatic heterocycles. The van der Waals surface area contributed by atoms with Crippen molar-refractivity contribution in [1.82, 2.24) is 9.97 Å². The van der Waals surface area contributed by atoms with Gasteiger partial charge in [0.1, 0.15) is 22.7 Å². The van der Waals surface area contributed by atoms with Crippen LogP contribution in [-0.4, -0.2) is 23.1 Å². The average molecular weight is 271 g/mol. The van der Waals surface area contributed by atoms with Gasteiger partial charge in [-0.1, -0.05) is 0 Å². The van der Waals surface area contributed by atoms with E-state index in [9.17, 15) is 4.39 Å². The molecule has 1 saturated heterocycles. The summed E-state index contributed by atoms with van der Waals surface area (Å²) in [6.07, 6.45) is 2.33. The highest BCUT2D eigenvalue weighted by molar-refractivity contribution is 6.05. The van der Waals surface area contributed by atoms with Crippen LogP contribution in [0.4, 0.5) is 10.2 Å². The van der Waals surface area contributed by atoms with Crippen LogP contribution >= 0.6 is 0 Å². The van der Waals surface area contributed by atoms with E-state index >= 15 is 0 Å². The zero-order valence-corrected chi connectivity index (χ0v) is 11.2. The summed E-state index contributed by atoms with van der Waals surface area (Å²) in [6.45, 7) is 3.84. The molecule has 0 N–H and O–H groups in total. The molecule has 20 heavy (non-hydrogen) atoms. The van der Waals surface area contributed by atoms with Crippen LogP contribution in [0.5, 0.6) is 0 Å². The van der Waals surface area contributed by atoms with Gasteiger partial charge >= 0.3 is 0 Å². The van der Waals surface area contributed by atoms with Gasteiger partial charge in [0.15, 0.2) is 11.4 Å². The first kappa shape index (κ1) is 11.6. The number of benzene rings is 1. The molecule has 4 nitrogen and oxygen atoms in total. The second kappa shape index (κ2) is 4.16. The van der Waals surface area contributed by atoms with Gasteiger partial charge < -0.3 is 9.32 Å². The van der Waals surface area contributed by atoms with Crippen molar-refractivity contribution in [3.8, 4) is 0 Å². The lowest BCUT2D eigenvalue weighted by molar-refractivity contribution is 0.617. The van der Waals surface area contributed by atoms with Crippen molar-refractivity contribution in [1.29, 1.82) is 0 Å². The Morgan fingerprint density at radius 2 is 2.00 bits per heavy atom. The van der Waals surface area contributed by atoms with E-state index in [1.807, 2.05) is 6.92 Å². The molecule has 0 atom stereocenters. The molecule has 4 rings (SSSR count). The number of rotatable bonds is 1. The Kier molecular flexibility index (Phi) is 2.42. The Morgan fingerprint density at radius 3 is 2.80 bits per heavy atom. The Balaban J connectivity index is 2.05. The van der Waals surface area contributed by atoms with Crippen LogP contribution in [-0.2, 0) is 0 Å². The molecular formula is C15H14FN3O. The summed E-state index contributed by atoms with van der Waals surface area (Å²) >= 11 is 0. The van der Waals surface area contributed by atoms with Crippen LogP contribution in [0.15, 0.2) is 22.6 Å². The summed E-state index contributed by atoms with van der Waals surface area (Å²) in [7, 11) is 0. The molecule has 0 saturated carbocycles. The number of furan rings is 1. The van der Waals surface area contributed by atoms with Gasteiger partial charge in [-0.15, -0.1) is 0 Å². The maximum absolute atomic E-state index is 13.3. The predicted octanol–water partition coefficient (Wildman–Crippen LogP) is 3.42. The number of hydrogen-bond acceptors (Lipinski definition) is 4. The number of hydrogen-bond donors (Lipinski definition) is 0. The quantitative estimate of drug-likeness (QED) is 0.680. The lowest BCUT2D eigenvalue weighted by Gasteiger charge is -2.16. The van der Waals surface area contributed by atoms with Crippen LogP contribution < -0.4 is 4.90 Å². The molecule has 5 heteroatoms. The first-order valence-electron chi connectivity index (χ1n) is 6.84. The van der Waals surface area contributed by atoms with Crippen molar-refractivity contribution in [3.05, 3.63) is 29.8 Å². The molecule has 0 radical (unpaired) electrons. The van der Waals surface area contributed by atoms with Crippen molar-refractivity contribution in [3.63, 3.8) is 0 Å². The lowest BCUT2D eigenvalue weighted by atomic mass is 10.2. The van der Waals surface area contributed by atoms with Crippen LogP contribution in [0.2, 0.25) is 0 Å². The summed E-state index contributed by atoms with van der Waals surface area (Å²) < 4.78 is 19.2. The highest BCUT2D eigenvalue weighted by atomic mass is 19.1. The van der Waals surface area contributed by atoms with E-state index in [1.54, 1.807) is 6.07 Å². The molecule has 0 spiro atoms. The Hall–Kier alpha value is -2.17. The van der Waals surface area contributed by atoms with Crippen LogP contribution in [0.1, 0.15) is 18.7 Å². The van der Waals surface area contributed by atoms with E-state index in [0.717, 1.165) is 29.8 Å². The second-order valence-corrected chi connectivity index (χ2v) is 5.21. The van der Waals surface area contributed by atoms with Crippen LogP contribution in [0, 0.1) is 12.7 Å². The van der Waals surface area contributed by atoms with Gasteiger partial charge in [0, 0.05) is 24.5 Å². The van der Waals surface area contributed by atoms with Gasteiger partial charge in [0.25, 0.3) is 0 Å². The third kappa shape index (κ3) is 1.66. The van der Waals surface area contributed by atoms with Gasteiger partial charge in [-0.2, -0.15) is 0 Å². The molecule has 3 heterocycles. The van der Waals surface area contributed by atoms with E-state index in [2.05, 4.69) is 14.9 Å². The highest BCUT2D eigenvalue weighted by Crippen LogP contribution is 2.34. The molecule has 1 fully saturated rings. The Morgan fingerprint density at radius 1 is 1.20 bits per heavy atom. The monoisotopic (exact) mass is 271 g/mol. The van der Waals surface area contributed by atoms with Crippen molar-refractivity contribution in [2.75, 3.05) is 18.0 Å². The Bertz CT molecular complexity index is 806. The second-order valence-electron chi connectivity index (χ2n) is 5.21. The zero-order chi connectivity index (χ0) is 13.7. The van der Waals surface area contributed by atoms with E-state index in [0.29, 0.717) is 17.0 Å². The number of aromatic nitrogens is 2. The number of anilines is 1. The molecule has 102 valence electrons. The molecule has 0 bridgehead atoms. The fourth-order valence-electron chi connectivity index (χ4n) is 2.85. The number of fused-ring (bicyclic) bond motifs is 3. The summed E-state index contributed by atoms with van der Waals surface area (Å²) in [6, 6.07) is 4.56. The molecule has 1 aliphatic rings. The van der Waals surface area contributed by atoms with Crippen LogP contribution in [0.3, 0.4) is 0 Å². The standard InChI is InChI=1S/C15H14FN3O/c1-9-17-13-11-5-4-10(16)8-12(11)20-14(13)15(18-9)19-6-2-3-7-19/h4-5,8H,2-3,6-7H2,1H3. The maximum Gasteiger partial charge on any atom is 0.196 e. The fourth-order valence-corrected chi connectivity index (χ4v) is 2.85. The molecule has 0 unspecified atom stereocenters. The van der Waals surface area contributed by atoms with Crippen molar-refractivity contribution < 1.29 is 8.81 Å². The normalized spacial score (nSPS) is 15.6. The van der Waals surface area contributed by atoms with Crippen LogP contribution in [0.25, 0.3) is 22.1 Å². The minimum absolute atomic E-state index is 0.302. The smallest absolute Gasteiger partial charge is 0.196 e. The molecular weight excluding hydrogens is 257 g/mol. The minimum Gasteiger partial charge on any atom is -0.450 e. The summed E-state index contributed by atoms with van der Waals surface area (Å²) in [5.74, 6) is 1.25. The topological polar surface area (TPSA) is 42.2 Å². The zero-order valence-electron chi connectivity index (χ0n) is 11.2. The maximum atomic E-state index is 13.3. The predicted molar refractivity (Wildman–Crippen MR) is 75.5 cm³/mol. The van der Waals surface area contributed by atoms with Gasteiger partial charge in [0.2, 0.25) is 0 Å². The van der Waals surface area contributed by atoms with E-state index in [1.165, 1.54) is 25.0 Å². The van der Waals surface area contributed by atoms with E-state index in [-0.39, 0.29) is 5.82 Å². The average Bonchev–Trinajstić information content (AvgIpc) is 3.04. The van der Waals surface area contributed by atoms with Gasteiger partial charge in [-0.05, 0) is 31.9 Å². The van der Waals surface area contributed by atoms with Gasteiger partial charge in [-0.3, -0.25) is 0 Å². The first-order valence-corrected chi connectivity index (χ1v) is 6.84. The first-order chi connectivity index (χ1) is 9.72. The van der Waals surface area contributed by atoms with E-state index < -0.39 is 0 Å². The van der Waals surface area contributed by atoms with E-state index in [4.69, 9.17) is 4.42 Å². The van der Waals surface area contributed by atoms with Gasteiger partial charge in [-0.25, -0.2) is 14.4 Å². The third-order valence-electron chi connectivity index (χ3n) is 3.78. The number of halogens is 1. The summed E-state index contributed by atoms with van der Waals surface area (Å²) in [4.78, 5) is 11.2. The molecule has 3 aromatic rings. The highest BCUT2D eigenvalue weighted by Gasteiger charge is 2.21. The third-order valence-corrected chi connectivity index (χ3v) is 3.78. The van der Waals surface area contributed by atoms with Gasteiger partial charge in [0.05, 0.1) is 0 Å². The summed E-state index contributed by atoms with van der Waals surface area (Å²) in [5.41, 5.74) is 1.97. The SMILES string of the molecule is Cc1nc(N2CCCC2)c2oc3cc(F)ccc3c2n1. The molecule has 0 amide bonds. The summed E-state index contributed by atoms with van der Waals surface area (Å²) in [5, 5.41) is 0.840. The fraction of sp³-hybridized carbons (Fsp3) is 0.333. The molecule has 0 aliphatic carbocycles. The number of nitrogens with zero attached hydrogens (tertiary/aromatic N) is 3. The van der Waals surface area contributed by atoms with Crippen molar-refractivity contribution in [2.45, 2.75) is 19.8 Å². The van der Waals surface area contributed by atoms with Crippen molar-refractivity contribution in [2.24, 2.45) is 0 Å². The van der Waals surface area contributed by atoms with Crippen molar-refractivity contribution >= 4 is 27.9 Å².